The van der Waals surface area contributed by atoms with Gasteiger partial charge in [-0.15, -0.1) is 0 Å². The third-order valence-electron chi connectivity index (χ3n) is 2.10. The highest BCUT2D eigenvalue weighted by Crippen LogP contribution is 2.04. The van der Waals surface area contributed by atoms with E-state index in [1.54, 1.807) is 6.07 Å². The maximum Gasteiger partial charge on any atom is 0.147 e. The van der Waals surface area contributed by atoms with E-state index in [0.717, 1.165) is 17.3 Å². The molecule has 2 heterocycles. The van der Waals surface area contributed by atoms with Crippen LogP contribution in [0, 0.1) is 13.8 Å². The Balaban J connectivity index is 2.25. The van der Waals surface area contributed by atoms with E-state index in [-0.39, 0.29) is 0 Å². The van der Waals surface area contributed by atoms with E-state index in [2.05, 4.69) is 15.1 Å². The van der Waals surface area contributed by atoms with E-state index in [4.69, 9.17) is 5.73 Å². The molecule has 2 N–H and O–H groups in total. The first kappa shape index (κ1) is 9.64. The molecule has 0 saturated carbocycles. The van der Waals surface area contributed by atoms with Gasteiger partial charge in [-0.2, -0.15) is 5.10 Å². The van der Waals surface area contributed by atoms with Crippen molar-refractivity contribution < 1.29 is 0 Å². The van der Waals surface area contributed by atoms with Gasteiger partial charge < -0.3 is 5.73 Å². The van der Waals surface area contributed by atoms with Crippen LogP contribution < -0.4 is 5.73 Å². The molecule has 0 unspecified atom stereocenters. The van der Waals surface area contributed by atoms with Crippen LogP contribution in [0.4, 0.5) is 5.82 Å². The van der Waals surface area contributed by atoms with Crippen LogP contribution in [-0.2, 0) is 6.54 Å². The molecule has 0 spiro atoms. The van der Waals surface area contributed by atoms with Crippen molar-refractivity contribution in [2.45, 2.75) is 20.4 Å². The third-order valence-corrected chi connectivity index (χ3v) is 2.10. The molecule has 0 fully saturated rings. The minimum atomic E-state index is 0.530. The monoisotopic (exact) mass is 203 g/mol. The number of hydrogen-bond acceptors (Lipinski definition) is 4. The molecule has 0 aromatic carbocycles. The van der Waals surface area contributed by atoms with Gasteiger partial charge >= 0.3 is 0 Å². The summed E-state index contributed by atoms with van der Waals surface area (Å²) in [7, 11) is 0. The third kappa shape index (κ3) is 2.12. The number of hydrogen-bond donors (Lipinski definition) is 1. The number of aromatic nitrogens is 4. The largest absolute Gasteiger partial charge is 0.384 e. The Kier molecular flexibility index (Phi) is 2.37. The molecule has 15 heavy (non-hydrogen) atoms. The molecule has 0 atom stereocenters. The molecule has 0 radical (unpaired) electrons. The quantitative estimate of drug-likeness (QED) is 0.788. The van der Waals surface area contributed by atoms with E-state index >= 15 is 0 Å². The molecule has 2 rings (SSSR count). The normalized spacial score (nSPS) is 10.5. The van der Waals surface area contributed by atoms with Gasteiger partial charge in [0.15, 0.2) is 0 Å². The zero-order chi connectivity index (χ0) is 10.8. The lowest BCUT2D eigenvalue weighted by Gasteiger charge is -2.02. The molecular formula is C10H13N5. The molecule has 0 bridgehead atoms. The Morgan fingerprint density at radius 3 is 2.67 bits per heavy atom. The Morgan fingerprint density at radius 1 is 1.27 bits per heavy atom. The van der Waals surface area contributed by atoms with E-state index in [9.17, 15) is 0 Å². The number of rotatable bonds is 2. The van der Waals surface area contributed by atoms with Gasteiger partial charge in [0.25, 0.3) is 0 Å². The van der Waals surface area contributed by atoms with E-state index in [1.807, 2.05) is 30.7 Å². The molecule has 2 aromatic heterocycles. The van der Waals surface area contributed by atoms with E-state index < -0.39 is 0 Å². The van der Waals surface area contributed by atoms with Crippen molar-refractivity contribution >= 4 is 5.82 Å². The molecule has 78 valence electrons. The average Bonchev–Trinajstić information content (AvgIpc) is 2.45. The maximum atomic E-state index is 5.60. The molecular weight excluding hydrogens is 190 g/mol. The summed E-state index contributed by atoms with van der Waals surface area (Å²) in [6.07, 6.45) is 0. The minimum absolute atomic E-state index is 0.530. The van der Waals surface area contributed by atoms with Gasteiger partial charge in [0.2, 0.25) is 0 Å². The smallest absolute Gasteiger partial charge is 0.147 e. The second kappa shape index (κ2) is 3.68. The van der Waals surface area contributed by atoms with Crippen LogP contribution in [0.3, 0.4) is 0 Å². The van der Waals surface area contributed by atoms with Crippen molar-refractivity contribution in [1.29, 1.82) is 0 Å². The van der Waals surface area contributed by atoms with Crippen molar-refractivity contribution in [2.24, 2.45) is 0 Å². The van der Waals surface area contributed by atoms with Crippen molar-refractivity contribution in [1.82, 2.24) is 19.7 Å². The summed E-state index contributed by atoms with van der Waals surface area (Å²) in [5, 5.41) is 4.26. The topological polar surface area (TPSA) is 69.6 Å². The summed E-state index contributed by atoms with van der Waals surface area (Å²) < 4.78 is 1.82. The van der Waals surface area contributed by atoms with Gasteiger partial charge in [-0.3, -0.25) is 0 Å². The van der Waals surface area contributed by atoms with Crippen LogP contribution >= 0.6 is 0 Å². The van der Waals surface area contributed by atoms with Crippen LogP contribution in [-0.4, -0.2) is 19.7 Å². The highest BCUT2D eigenvalue weighted by molar-refractivity contribution is 5.28. The Labute approximate surface area is 88.0 Å². The number of nitrogen functional groups attached to an aromatic ring is 1. The SMILES string of the molecule is Cc1nc(C)n(Cc2cccc(N)n2)n1. The second-order valence-electron chi connectivity index (χ2n) is 3.42. The lowest BCUT2D eigenvalue weighted by molar-refractivity contribution is 0.645. The first-order valence-electron chi connectivity index (χ1n) is 4.74. The van der Waals surface area contributed by atoms with Crippen LogP contribution in [0.25, 0.3) is 0 Å². The van der Waals surface area contributed by atoms with Gasteiger partial charge in [-0.25, -0.2) is 14.6 Å². The summed E-state index contributed by atoms with van der Waals surface area (Å²) in [6, 6.07) is 5.58. The molecule has 5 heteroatoms. The first-order valence-corrected chi connectivity index (χ1v) is 4.74. The fourth-order valence-corrected chi connectivity index (χ4v) is 1.45. The maximum absolute atomic E-state index is 5.60. The molecule has 2 aromatic rings. The van der Waals surface area contributed by atoms with E-state index in [0.29, 0.717) is 12.4 Å². The highest BCUT2D eigenvalue weighted by atomic mass is 15.3. The summed E-state index contributed by atoms with van der Waals surface area (Å²) in [4.78, 5) is 8.43. The standard InChI is InChI=1S/C10H13N5/c1-7-12-8(2)15(14-7)6-9-4-3-5-10(11)13-9/h3-5H,6H2,1-2H3,(H2,11,13). The zero-order valence-electron chi connectivity index (χ0n) is 8.81. The minimum Gasteiger partial charge on any atom is -0.384 e. The highest BCUT2D eigenvalue weighted by Gasteiger charge is 2.03. The van der Waals surface area contributed by atoms with Gasteiger partial charge in [0.1, 0.15) is 17.5 Å². The molecule has 0 aliphatic heterocycles. The molecule has 0 amide bonds. The van der Waals surface area contributed by atoms with Crippen LogP contribution in [0.15, 0.2) is 18.2 Å². The van der Waals surface area contributed by atoms with Crippen molar-refractivity contribution in [3.8, 4) is 0 Å². The fraction of sp³-hybridized carbons (Fsp3) is 0.300. The summed E-state index contributed by atoms with van der Waals surface area (Å²) in [5.41, 5.74) is 6.49. The summed E-state index contributed by atoms with van der Waals surface area (Å²) in [5.74, 6) is 2.19. The number of nitrogens with two attached hydrogens (primary N) is 1. The van der Waals surface area contributed by atoms with Gasteiger partial charge in [0.05, 0.1) is 12.2 Å². The van der Waals surface area contributed by atoms with Crippen LogP contribution in [0.5, 0.6) is 0 Å². The fourth-order valence-electron chi connectivity index (χ4n) is 1.45. The van der Waals surface area contributed by atoms with Gasteiger partial charge in [-0.05, 0) is 26.0 Å². The van der Waals surface area contributed by atoms with E-state index in [1.165, 1.54) is 0 Å². The molecule has 0 aliphatic rings. The second-order valence-corrected chi connectivity index (χ2v) is 3.42. The number of pyridine rings is 1. The van der Waals surface area contributed by atoms with Crippen molar-refractivity contribution in [3.63, 3.8) is 0 Å². The number of aryl methyl sites for hydroxylation is 2. The molecule has 0 saturated heterocycles. The predicted molar refractivity (Wildman–Crippen MR) is 57.2 cm³/mol. The van der Waals surface area contributed by atoms with Gasteiger partial charge in [-0.1, -0.05) is 6.07 Å². The Hall–Kier alpha value is -1.91. The van der Waals surface area contributed by atoms with Crippen LogP contribution in [0.2, 0.25) is 0 Å². The predicted octanol–water partition coefficient (Wildman–Crippen LogP) is 0.920. The molecule has 0 aliphatic carbocycles. The summed E-state index contributed by atoms with van der Waals surface area (Å²) >= 11 is 0. The number of anilines is 1. The Bertz CT molecular complexity index is 474. The lowest BCUT2D eigenvalue weighted by Crippen LogP contribution is -2.06. The number of nitrogens with zero attached hydrogens (tertiary/aromatic N) is 4. The van der Waals surface area contributed by atoms with Crippen LogP contribution in [0.1, 0.15) is 17.3 Å². The molecule has 5 nitrogen and oxygen atoms in total. The average molecular weight is 203 g/mol. The Morgan fingerprint density at radius 2 is 2.07 bits per heavy atom. The summed E-state index contributed by atoms with van der Waals surface area (Å²) in [6.45, 7) is 4.40. The first-order chi connectivity index (χ1) is 7.15. The van der Waals surface area contributed by atoms with Crippen molar-refractivity contribution in [2.75, 3.05) is 5.73 Å². The van der Waals surface area contributed by atoms with Crippen molar-refractivity contribution in [3.05, 3.63) is 35.5 Å². The zero-order valence-corrected chi connectivity index (χ0v) is 8.81. The van der Waals surface area contributed by atoms with Gasteiger partial charge in [0, 0.05) is 0 Å². The lowest BCUT2D eigenvalue weighted by atomic mass is 10.3.